The molecular weight excluding hydrogens is 414 g/mol. The number of sulfonamides is 1. The summed E-state index contributed by atoms with van der Waals surface area (Å²) in [7, 11) is -3.49. The van der Waals surface area contributed by atoms with Crippen LogP contribution in [0.15, 0.2) is 53.4 Å². The Bertz CT molecular complexity index is 996. The van der Waals surface area contributed by atoms with Crippen molar-refractivity contribution in [1.82, 2.24) is 4.31 Å². The van der Waals surface area contributed by atoms with Crippen molar-refractivity contribution >= 4 is 33.2 Å². The van der Waals surface area contributed by atoms with Crippen LogP contribution in [0, 0.1) is 0 Å². The van der Waals surface area contributed by atoms with Crippen molar-refractivity contribution in [3.63, 3.8) is 0 Å². The lowest BCUT2D eigenvalue weighted by molar-refractivity contribution is -0.116. The molecule has 2 aromatic carbocycles. The van der Waals surface area contributed by atoms with E-state index >= 15 is 0 Å². The molecule has 1 aliphatic heterocycles. The van der Waals surface area contributed by atoms with Crippen LogP contribution in [0.5, 0.6) is 0 Å². The van der Waals surface area contributed by atoms with Gasteiger partial charge in [-0.05, 0) is 67.8 Å². The highest BCUT2D eigenvalue weighted by molar-refractivity contribution is 7.89. The van der Waals surface area contributed by atoms with Crippen LogP contribution >= 0.6 is 0 Å². The van der Waals surface area contributed by atoms with Crippen molar-refractivity contribution in [2.24, 2.45) is 0 Å². The molecule has 0 radical (unpaired) electrons. The molecule has 0 unspecified atom stereocenters. The van der Waals surface area contributed by atoms with Crippen molar-refractivity contribution in [3.8, 4) is 0 Å². The summed E-state index contributed by atoms with van der Waals surface area (Å²) in [5.41, 5.74) is 1.60. The summed E-state index contributed by atoms with van der Waals surface area (Å²) in [4.78, 5) is 24.5. The first-order chi connectivity index (χ1) is 14.9. The molecule has 0 bridgehead atoms. The van der Waals surface area contributed by atoms with E-state index in [2.05, 4.69) is 10.6 Å². The van der Waals surface area contributed by atoms with Gasteiger partial charge < -0.3 is 10.6 Å². The lowest BCUT2D eigenvalue weighted by Crippen LogP contribution is -2.35. The molecule has 0 aromatic heterocycles. The quantitative estimate of drug-likeness (QED) is 0.638. The Morgan fingerprint density at radius 3 is 2.06 bits per heavy atom. The summed E-state index contributed by atoms with van der Waals surface area (Å²) in [5, 5.41) is 5.58. The van der Waals surface area contributed by atoms with Crippen molar-refractivity contribution in [1.29, 1.82) is 0 Å². The Kier molecular flexibility index (Phi) is 7.81. The number of hydrogen-bond donors (Lipinski definition) is 2. The van der Waals surface area contributed by atoms with E-state index in [1.807, 2.05) is 6.92 Å². The maximum Gasteiger partial charge on any atom is 0.255 e. The van der Waals surface area contributed by atoms with Gasteiger partial charge in [-0.1, -0.05) is 19.8 Å². The molecule has 0 aliphatic carbocycles. The van der Waals surface area contributed by atoms with Gasteiger partial charge in [-0.25, -0.2) is 8.42 Å². The van der Waals surface area contributed by atoms with Crippen LogP contribution in [0.2, 0.25) is 0 Å². The highest BCUT2D eigenvalue weighted by Crippen LogP contribution is 2.22. The molecule has 1 heterocycles. The van der Waals surface area contributed by atoms with Gasteiger partial charge in [0, 0.05) is 36.4 Å². The maximum atomic E-state index is 12.7. The van der Waals surface area contributed by atoms with Gasteiger partial charge in [0.25, 0.3) is 5.91 Å². The van der Waals surface area contributed by atoms with Crippen molar-refractivity contribution < 1.29 is 18.0 Å². The van der Waals surface area contributed by atoms with Crippen LogP contribution in [0.3, 0.4) is 0 Å². The normalized spacial score (nSPS) is 14.7. The number of benzene rings is 2. The van der Waals surface area contributed by atoms with Crippen molar-refractivity contribution in [2.45, 2.75) is 50.3 Å². The van der Waals surface area contributed by atoms with Gasteiger partial charge in [-0.15, -0.1) is 0 Å². The second-order valence-corrected chi connectivity index (χ2v) is 9.61. The van der Waals surface area contributed by atoms with Gasteiger partial charge >= 0.3 is 0 Å². The second-order valence-electron chi connectivity index (χ2n) is 7.67. The number of unbranched alkanes of at least 4 members (excludes halogenated alkanes) is 1. The number of carbonyl (C=O) groups excluding carboxylic acids is 2. The summed E-state index contributed by atoms with van der Waals surface area (Å²) < 4.78 is 27.0. The molecular formula is C23H29N3O4S. The largest absolute Gasteiger partial charge is 0.326 e. The average Bonchev–Trinajstić information content (AvgIpc) is 2.79. The van der Waals surface area contributed by atoms with E-state index < -0.39 is 10.0 Å². The maximum absolute atomic E-state index is 12.7. The van der Waals surface area contributed by atoms with Crippen LogP contribution in [-0.2, 0) is 14.8 Å². The minimum atomic E-state index is -3.49. The number of rotatable bonds is 8. The molecule has 0 saturated carbocycles. The molecule has 1 fully saturated rings. The highest BCUT2D eigenvalue weighted by Gasteiger charge is 2.25. The van der Waals surface area contributed by atoms with E-state index in [1.54, 1.807) is 36.4 Å². The summed E-state index contributed by atoms with van der Waals surface area (Å²) in [6, 6.07) is 12.9. The number of nitrogens with zero attached hydrogens (tertiary/aromatic N) is 1. The van der Waals surface area contributed by atoms with E-state index in [4.69, 9.17) is 0 Å². The minimum absolute atomic E-state index is 0.0429. The predicted molar refractivity (Wildman–Crippen MR) is 122 cm³/mol. The molecule has 3 rings (SSSR count). The standard InChI is InChI=1S/C23H29N3O4S/c1-2-3-7-22(27)24-19-10-8-18(9-11-19)23(28)25-20-12-14-21(15-13-20)31(29,30)26-16-5-4-6-17-26/h8-15H,2-7,16-17H2,1H3,(H,24,27)(H,25,28). The Morgan fingerprint density at radius 1 is 0.871 bits per heavy atom. The Labute approximate surface area is 183 Å². The van der Waals surface area contributed by atoms with E-state index in [0.717, 1.165) is 32.1 Å². The first-order valence-electron chi connectivity index (χ1n) is 10.7. The van der Waals surface area contributed by atoms with Gasteiger partial charge in [0.2, 0.25) is 15.9 Å². The Hall–Kier alpha value is -2.71. The zero-order valence-electron chi connectivity index (χ0n) is 17.8. The molecule has 1 aliphatic rings. The minimum Gasteiger partial charge on any atom is -0.326 e. The van der Waals surface area contributed by atoms with Gasteiger partial charge in [0.05, 0.1) is 4.90 Å². The smallest absolute Gasteiger partial charge is 0.255 e. The lowest BCUT2D eigenvalue weighted by atomic mass is 10.1. The number of carbonyl (C=O) groups is 2. The summed E-state index contributed by atoms with van der Waals surface area (Å²) in [6.07, 6.45) is 5.09. The molecule has 1 saturated heterocycles. The van der Waals surface area contributed by atoms with E-state index in [0.29, 0.717) is 36.4 Å². The van der Waals surface area contributed by atoms with Gasteiger partial charge in [0.15, 0.2) is 0 Å². The molecule has 31 heavy (non-hydrogen) atoms. The van der Waals surface area contributed by atoms with Crippen LogP contribution in [-0.4, -0.2) is 37.6 Å². The molecule has 0 atom stereocenters. The Balaban J connectivity index is 1.59. The highest BCUT2D eigenvalue weighted by atomic mass is 32.2. The van der Waals surface area contributed by atoms with Crippen LogP contribution in [0.4, 0.5) is 11.4 Å². The summed E-state index contributed by atoms with van der Waals surface area (Å²) in [5.74, 6) is -0.353. The fourth-order valence-electron chi connectivity index (χ4n) is 3.43. The topological polar surface area (TPSA) is 95.6 Å². The van der Waals surface area contributed by atoms with Gasteiger partial charge in [-0.3, -0.25) is 9.59 Å². The molecule has 2 amide bonds. The SMILES string of the molecule is CCCCC(=O)Nc1ccc(C(=O)Nc2ccc(S(=O)(=O)N3CCCCC3)cc2)cc1. The summed E-state index contributed by atoms with van der Waals surface area (Å²) >= 11 is 0. The zero-order chi connectivity index (χ0) is 22.3. The van der Waals surface area contributed by atoms with Crippen molar-refractivity contribution in [2.75, 3.05) is 23.7 Å². The molecule has 0 spiro atoms. The second kappa shape index (κ2) is 10.5. The number of anilines is 2. The monoisotopic (exact) mass is 443 g/mol. The zero-order valence-corrected chi connectivity index (χ0v) is 18.6. The van der Waals surface area contributed by atoms with E-state index in [-0.39, 0.29) is 16.7 Å². The van der Waals surface area contributed by atoms with Crippen molar-refractivity contribution in [3.05, 3.63) is 54.1 Å². The van der Waals surface area contributed by atoms with Crippen LogP contribution in [0.1, 0.15) is 55.8 Å². The molecule has 166 valence electrons. The van der Waals surface area contributed by atoms with E-state index in [1.165, 1.54) is 16.4 Å². The molecule has 8 heteroatoms. The Morgan fingerprint density at radius 2 is 1.45 bits per heavy atom. The third-order valence-electron chi connectivity index (χ3n) is 5.25. The molecule has 7 nitrogen and oxygen atoms in total. The summed E-state index contributed by atoms with van der Waals surface area (Å²) in [6.45, 7) is 3.13. The number of nitrogens with one attached hydrogen (secondary N) is 2. The lowest BCUT2D eigenvalue weighted by Gasteiger charge is -2.25. The predicted octanol–water partition coefficient (Wildman–Crippen LogP) is 4.24. The van der Waals surface area contributed by atoms with Crippen LogP contribution < -0.4 is 10.6 Å². The first-order valence-corrected chi connectivity index (χ1v) is 12.2. The number of piperidine rings is 1. The first kappa shape index (κ1) is 23.0. The van der Waals surface area contributed by atoms with Gasteiger partial charge in [-0.2, -0.15) is 4.31 Å². The average molecular weight is 444 g/mol. The molecule has 2 N–H and O–H groups in total. The number of amides is 2. The third kappa shape index (κ3) is 6.15. The van der Waals surface area contributed by atoms with E-state index in [9.17, 15) is 18.0 Å². The van der Waals surface area contributed by atoms with Gasteiger partial charge in [0.1, 0.15) is 0 Å². The molecule has 2 aromatic rings. The fraction of sp³-hybridized carbons (Fsp3) is 0.391. The van der Waals surface area contributed by atoms with Crippen LogP contribution in [0.25, 0.3) is 0 Å². The third-order valence-corrected chi connectivity index (χ3v) is 7.17. The number of hydrogen-bond acceptors (Lipinski definition) is 4. The fourth-order valence-corrected chi connectivity index (χ4v) is 4.95.